The van der Waals surface area contributed by atoms with Gasteiger partial charge in [0.25, 0.3) is 0 Å². The number of fused-ring (bicyclic) bond motifs is 1. The van der Waals surface area contributed by atoms with Gasteiger partial charge in [-0.1, -0.05) is 0 Å². The average Bonchev–Trinajstić information content (AvgIpc) is 2.68. The van der Waals surface area contributed by atoms with Crippen LogP contribution in [-0.2, 0) is 16.0 Å². The molecule has 2 heterocycles. The molecule has 2 aliphatic heterocycles. The van der Waals surface area contributed by atoms with Gasteiger partial charge in [0, 0.05) is 0 Å². The van der Waals surface area contributed by atoms with E-state index in [-0.39, 0.29) is 33.1 Å². The predicted octanol–water partition coefficient (Wildman–Crippen LogP) is 3.12. The summed E-state index contributed by atoms with van der Waals surface area (Å²) in [6, 6.07) is 16.0. The molecule has 5 heteroatoms. The minimum absolute atomic E-state index is 0.111. The van der Waals surface area contributed by atoms with E-state index in [4.69, 9.17) is 14.2 Å². The van der Waals surface area contributed by atoms with Crippen molar-refractivity contribution in [1.29, 1.82) is 0 Å². The Hall–Kier alpha value is -1.81. The van der Waals surface area contributed by atoms with Crippen LogP contribution in [0.5, 0.6) is 11.5 Å². The fourth-order valence-corrected chi connectivity index (χ4v) is 5.35. The molecular formula is C21H22O4Se. The van der Waals surface area contributed by atoms with Crippen molar-refractivity contribution in [2.45, 2.75) is 37.3 Å². The topological polar surface area (TPSA) is 44.8 Å². The van der Waals surface area contributed by atoms with Gasteiger partial charge in [0.2, 0.25) is 0 Å². The van der Waals surface area contributed by atoms with Crippen LogP contribution in [0.15, 0.2) is 48.5 Å². The molecule has 1 fully saturated rings. The first-order chi connectivity index (χ1) is 12.8. The standard InChI is InChI=1S/C21H22O4Se/c22-21-15(14-26-16-7-2-1-3-8-16)13-17-18(9-6-10-19(17)25-21)24-20-11-4-5-12-23-20/h1-3,6-10,15,20H,4-5,11-14H2. The summed E-state index contributed by atoms with van der Waals surface area (Å²) in [5.74, 6) is 1.19. The number of benzene rings is 2. The van der Waals surface area contributed by atoms with Gasteiger partial charge in [-0.15, -0.1) is 0 Å². The van der Waals surface area contributed by atoms with Crippen molar-refractivity contribution >= 4 is 25.4 Å². The molecule has 0 bridgehead atoms. The number of hydrogen-bond acceptors (Lipinski definition) is 4. The van der Waals surface area contributed by atoms with Crippen LogP contribution in [0.3, 0.4) is 0 Å². The van der Waals surface area contributed by atoms with Crippen molar-refractivity contribution in [1.82, 2.24) is 0 Å². The van der Waals surface area contributed by atoms with Crippen molar-refractivity contribution in [2.75, 3.05) is 6.61 Å². The van der Waals surface area contributed by atoms with E-state index >= 15 is 0 Å². The van der Waals surface area contributed by atoms with Crippen LogP contribution in [0.1, 0.15) is 24.8 Å². The molecule has 4 rings (SSSR count). The summed E-state index contributed by atoms with van der Waals surface area (Å²) >= 11 is 0.255. The van der Waals surface area contributed by atoms with Gasteiger partial charge in [0.15, 0.2) is 0 Å². The Kier molecular flexibility index (Phi) is 5.59. The van der Waals surface area contributed by atoms with Gasteiger partial charge >= 0.3 is 160 Å². The summed E-state index contributed by atoms with van der Waals surface area (Å²) < 4.78 is 18.7. The molecule has 136 valence electrons. The second kappa shape index (κ2) is 8.26. The number of rotatable bonds is 5. The third-order valence-corrected chi connectivity index (χ3v) is 7.14. The van der Waals surface area contributed by atoms with E-state index in [0.717, 1.165) is 42.5 Å². The van der Waals surface area contributed by atoms with E-state index < -0.39 is 0 Å². The SMILES string of the molecule is O=C1Oc2cccc(OC3CCCCO3)c2CC1C[Se]c1ccccc1. The van der Waals surface area contributed by atoms with Gasteiger partial charge in [-0.2, -0.15) is 0 Å². The van der Waals surface area contributed by atoms with Crippen LogP contribution in [0.2, 0.25) is 5.32 Å². The molecule has 2 aliphatic rings. The normalized spacial score (nSPS) is 22.4. The number of ether oxygens (including phenoxy) is 3. The van der Waals surface area contributed by atoms with E-state index in [9.17, 15) is 4.79 Å². The third-order valence-electron chi connectivity index (χ3n) is 4.68. The van der Waals surface area contributed by atoms with Crippen molar-refractivity contribution in [3.8, 4) is 11.5 Å². The Morgan fingerprint density at radius 2 is 1.96 bits per heavy atom. The minimum atomic E-state index is -0.195. The molecule has 0 aliphatic carbocycles. The Labute approximate surface area is 160 Å². The first kappa shape index (κ1) is 17.6. The molecule has 0 spiro atoms. The molecule has 2 aromatic carbocycles. The molecule has 4 nitrogen and oxygen atoms in total. The first-order valence-electron chi connectivity index (χ1n) is 9.09. The zero-order valence-electron chi connectivity index (χ0n) is 14.6. The monoisotopic (exact) mass is 418 g/mol. The quantitative estimate of drug-likeness (QED) is 0.426. The van der Waals surface area contributed by atoms with E-state index in [1.165, 1.54) is 4.46 Å². The fraction of sp³-hybridized carbons (Fsp3) is 0.381. The summed E-state index contributed by atoms with van der Waals surface area (Å²) in [6.45, 7) is 0.747. The van der Waals surface area contributed by atoms with Gasteiger partial charge in [-0.25, -0.2) is 0 Å². The second-order valence-corrected chi connectivity index (χ2v) is 8.89. The molecule has 1 saturated heterocycles. The van der Waals surface area contributed by atoms with Gasteiger partial charge in [-0.3, -0.25) is 0 Å². The van der Waals surface area contributed by atoms with Crippen molar-refractivity contribution in [3.05, 3.63) is 54.1 Å². The maximum atomic E-state index is 12.4. The predicted molar refractivity (Wildman–Crippen MR) is 100 cm³/mol. The van der Waals surface area contributed by atoms with Gasteiger partial charge in [-0.05, 0) is 0 Å². The zero-order chi connectivity index (χ0) is 17.8. The Morgan fingerprint density at radius 1 is 1.08 bits per heavy atom. The maximum absolute atomic E-state index is 12.4. The molecule has 0 radical (unpaired) electrons. The third kappa shape index (κ3) is 4.12. The Balaban J connectivity index is 1.47. The van der Waals surface area contributed by atoms with Gasteiger partial charge < -0.3 is 0 Å². The van der Waals surface area contributed by atoms with E-state index in [2.05, 4.69) is 12.1 Å². The van der Waals surface area contributed by atoms with Crippen molar-refractivity contribution in [2.24, 2.45) is 5.92 Å². The molecule has 0 amide bonds. The molecule has 0 aromatic heterocycles. The fourth-order valence-electron chi connectivity index (χ4n) is 3.26. The second-order valence-electron chi connectivity index (χ2n) is 6.59. The first-order valence-corrected chi connectivity index (χ1v) is 11.2. The molecule has 26 heavy (non-hydrogen) atoms. The zero-order valence-corrected chi connectivity index (χ0v) is 16.3. The van der Waals surface area contributed by atoms with Crippen LogP contribution in [0, 0.1) is 5.92 Å². The van der Waals surface area contributed by atoms with Crippen molar-refractivity contribution < 1.29 is 19.0 Å². The van der Waals surface area contributed by atoms with Crippen LogP contribution in [0.25, 0.3) is 0 Å². The number of carbonyl (C=O) groups excluding carboxylic acids is 1. The molecule has 0 saturated carbocycles. The van der Waals surface area contributed by atoms with E-state index in [0.29, 0.717) is 12.2 Å². The molecule has 0 N–H and O–H groups in total. The van der Waals surface area contributed by atoms with E-state index in [1.54, 1.807) is 0 Å². The molecule has 2 aromatic rings. The van der Waals surface area contributed by atoms with Crippen LogP contribution < -0.4 is 13.9 Å². The van der Waals surface area contributed by atoms with Gasteiger partial charge in [0.05, 0.1) is 0 Å². The Bertz CT molecular complexity index is 756. The molecular weight excluding hydrogens is 395 g/mol. The van der Waals surface area contributed by atoms with Crippen molar-refractivity contribution in [3.63, 3.8) is 0 Å². The number of hydrogen-bond donors (Lipinski definition) is 0. The van der Waals surface area contributed by atoms with Crippen LogP contribution >= 0.6 is 0 Å². The number of carbonyl (C=O) groups is 1. The molecule has 2 atom stereocenters. The summed E-state index contributed by atoms with van der Waals surface area (Å²) in [5, 5.41) is 0.837. The van der Waals surface area contributed by atoms with Gasteiger partial charge in [0.1, 0.15) is 0 Å². The summed E-state index contributed by atoms with van der Waals surface area (Å²) in [4.78, 5) is 12.4. The number of esters is 1. The van der Waals surface area contributed by atoms with E-state index in [1.807, 2.05) is 36.4 Å². The average molecular weight is 417 g/mol. The summed E-state index contributed by atoms with van der Waals surface area (Å²) in [5.41, 5.74) is 0.995. The molecule has 2 unspecified atom stereocenters. The Morgan fingerprint density at radius 3 is 2.77 bits per heavy atom. The summed E-state index contributed by atoms with van der Waals surface area (Å²) in [6.07, 6.45) is 3.60. The van der Waals surface area contributed by atoms with Crippen LogP contribution in [0.4, 0.5) is 0 Å². The summed E-state index contributed by atoms with van der Waals surface area (Å²) in [7, 11) is 0. The van der Waals surface area contributed by atoms with Crippen LogP contribution in [-0.4, -0.2) is 33.8 Å².